The van der Waals surface area contributed by atoms with Crippen LogP contribution in [0.15, 0.2) is 42.5 Å². The maximum absolute atomic E-state index is 12.5. The van der Waals surface area contributed by atoms with Crippen LogP contribution in [0.3, 0.4) is 0 Å². The van der Waals surface area contributed by atoms with Gasteiger partial charge in [-0.15, -0.1) is 0 Å². The summed E-state index contributed by atoms with van der Waals surface area (Å²) >= 11 is 0. The van der Waals surface area contributed by atoms with E-state index in [2.05, 4.69) is 12.2 Å². The molecule has 1 amide bonds. The Kier molecular flexibility index (Phi) is 5.78. The van der Waals surface area contributed by atoms with Gasteiger partial charge in [-0.2, -0.15) is 0 Å². The zero-order valence-electron chi connectivity index (χ0n) is 15.6. The van der Waals surface area contributed by atoms with Crippen molar-refractivity contribution in [1.29, 1.82) is 0 Å². The summed E-state index contributed by atoms with van der Waals surface area (Å²) in [4.78, 5) is 14.5. The van der Waals surface area contributed by atoms with E-state index < -0.39 is 0 Å². The third-order valence-electron chi connectivity index (χ3n) is 4.71. The number of fused-ring (bicyclic) bond motifs is 1. The summed E-state index contributed by atoms with van der Waals surface area (Å²) < 4.78 is 11.2. The van der Waals surface area contributed by atoms with Gasteiger partial charge in [0, 0.05) is 12.2 Å². The number of hydrogen-bond acceptors (Lipinski definition) is 4. The van der Waals surface area contributed by atoms with E-state index in [1.165, 1.54) is 5.56 Å². The second-order valence-corrected chi connectivity index (χ2v) is 6.61. The average molecular weight is 354 g/mol. The number of nitrogens with zero attached hydrogens (tertiary/aromatic N) is 1. The average Bonchev–Trinajstić information content (AvgIpc) is 2.67. The second-order valence-electron chi connectivity index (χ2n) is 6.61. The quantitative estimate of drug-likeness (QED) is 0.863. The third kappa shape index (κ3) is 4.35. The van der Waals surface area contributed by atoms with E-state index in [0.717, 1.165) is 29.2 Å². The van der Waals surface area contributed by atoms with E-state index >= 15 is 0 Å². The van der Waals surface area contributed by atoms with Gasteiger partial charge in [0.25, 0.3) is 0 Å². The molecule has 5 nitrogen and oxygen atoms in total. The first-order valence-corrected chi connectivity index (χ1v) is 9.05. The van der Waals surface area contributed by atoms with Gasteiger partial charge in [0.05, 0.1) is 6.04 Å². The van der Waals surface area contributed by atoms with Gasteiger partial charge in [0.15, 0.2) is 11.5 Å². The minimum atomic E-state index is -0.256. The van der Waals surface area contributed by atoms with Crippen LogP contribution < -0.4 is 14.8 Å². The molecule has 0 radical (unpaired) electrons. The topological polar surface area (TPSA) is 50.8 Å². The fraction of sp³-hybridized carbons (Fsp3) is 0.381. The summed E-state index contributed by atoms with van der Waals surface area (Å²) in [6.45, 7) is 5.83. The van der Waals surface area contributed by atoms with Crippen LogP contribution in [-0.2, 0) is 17.8 Å². The Morgan fingerprint density at radius 2 is 1.73 bits per heavy atom. The molecule has 0 aliphatic carbocycles. The number of anilines is 1. The fourth-order valence-electron chi connectivity index (χ4n) is 2.88. The Hall–Kier alpha value is -2.53. The van der Waals surface area contributed by atoms with Crippen molar-refractivity contribution in [3.05, 3.63) is 53.6 Å². The van der Waals surface area contributed by atoms with Crippen LogP contribution in [0.25, 0.3) is 0 Å². The number of benzene rings is 2. The molecule has 138 valence electrons. The number of rotatable bonds is 6. The van der Waals surface area contributed by atoms with Gasteiger partial charge in [0.2, 0.25) is 5.91 Å². The maximum atomic E-state index is 12.5. The van der Waals surface area contributed by atoms with Crippen LogP contribution >= 0.6 is 0 Å². The minimum Gasteiger partial charge on any atom is -0.486 e. The van der Waals surface area contributed by atoms with Crippen LogP contribution in [0, 0.1) is 0 Å². The molecular formula is C21H26N2O3. The van der Waals surface area contributed by atoms with Crippen molar-refractivity contribution < 1.29 is 14.3 Å². The molecule has 3 rings (SSSR count). The van der Waals surface area contributed by atoms with Crippen LogP contribution in [0.1, 0.15) is 25.0 Å². The van der Waals surface area contributed by atoms with Gasteiger partial charge in [-0.25, -0.2) is 0 Å². The number of likely N-dealkylation sites (N-methyl/N-ethyl adjacent to an activating group) is 1. The van der Waals surface area contributed by atoms with Crippen LogP contribution in [-0.4, -0.2) is 37.1 Å². The molecule has 0 spiro atoms. The Balaban J connectivity index is 1.59. The number of carbonyl (C=O) groups is 1. The molecule has 2 aromatic rings. The highest BCUT2D eigenvalue weighted by atomic mass is 16.6. The molecule has 0 fully saturated rings. The number of hydrogen-bond donors (Lipinski definition) is 1. The second kappa shape index (κ2) is 8.23. The fourth-order valence-corrected chi connectivity index (χ4v) is 2.88. The molecule has 1 N–H and O–H groups in total. The molecule has 2 aromatic carbocycles. The molecule has 1 aliphatic rings. The Morgan fingerprint density at radius 1 is 1.08 bits per heavy atom. The first-order valence-electron chi connectivity index (χ1n) is 9.05. The van der Waals surface area contributed by atoms with Gasteiger partial charge in [-0.05, 0) is 55.8 Å². The molecule has 1 atom stereocenters. The number of ether oxygens (including phenoxy) is 2. The predicted octanol–water partition coefficient (Wildman–Crippen LogP) is 3.48. The van der Waals surface area contributed by atoms with E-state index in [-0.39, 0.29) is 11.9 Å². The standard InChI is InChI=1S/C21H26N2O3/c1-4-16-5-8-18(9-6-16)22-21(24)15(2)23(3)14-17-7-10-19-20(13-17)26-12-11-25-19/h5-10,13,15H,4,11-12,14H2,1-3H3,(H,22,24)/t15-/m1/s1. The number of nitrogens with one attached hydrogen (secondary N) is 1. The summed E-state index contributed by atoms with van der Waals surface area (Å²) in [6, 6.07) is 13.6. The molecule has 26 heavy (non-hydrogen) atoms. The van der Waals surface area contributed by atoms with Crippen molar-refractivity contribution in [2.45, 2.75) is 32.9 Å². The molecule has 0 aromatic heterocycles. The Bertz CT molecular complexity index is 758. The number of amides is 1. The van der Waals surface area contributed by atoms with Crippen LogP contribution in [0.4, 0.5) is 5.69 Å². The van der Waals surface area contributed by atoms with Gasteiger partial charge < -0.3 is 14.8 Å². The van der Waals surface area contributed by atoms with Crippen LogP contribution in [0.2, 0.25) is 0 Å². The van der Waals surface area contributed by atoms with Crippen molar-refractivity contribution >= 4 is 11.6 Å². The molecule has 0 unspecified atom stereocenters. The highest BCUT2D eigenvalue weighted by Gasteiger charge is 2.19. The van der Waals surface area contributed by atoms with Crippen LogP contribution in [0.5, 0.6) is 11.5 Å². The highest BCUT2D eigenvalue weighted by Crippen LogP contribution is 2.31. The van der Waals surface area contributed by atoms with Crippen molar-refractivity contribution in [1.82, 2.24) is 4.90 Å². The number of aryl methyl sites for hydroxylation is 1. The molecule has 1 aliphatic heterocycles. The van der Waals surface area contributed by atoms with Gasteiger partial charge in [0.1, 0.15) is 13.2 Å². The number of carbonyl (C=O) groups excluding carboxylic acids is 1. The van der Waals surface area contributed by atoms with Crippen molar-refractivity contribution in [3.8, 4) is 11.5 Å². The van der Waals surface area contributed by atoms with E-state index in [1.54, 1.807) is 0 Å². The first kappa shape index (κ1) is 18.3. The summed E-state index contributed by atoms with van der Waals surface area (Å²) in [5.74, 6) is 1.54. The summed E-state index contributed by atoms with van der Waals surface area (Å²) in [6.07, 6.45) is 0.989. The molecule has 0 saturated carbocycles. The highest BCUT2D eigenvalue weighted by molar-refractivity contribution is 5.94. The third-order valence-corrected chi connectivity index (χ3v) is 4.71. The van der Waals surface area contributed by atoms with E-state index in [4.69, 9.17) is 9.47 Å². The smallest absolute Gasteiger partial charge is 0.241 e. The summed E-state index contributed by atoms with van der Waals surface area (Å²) in [5, 5.41) is 2.98. The zero-order valence-corrected chi connectivity index (χ0v) is 15.6. The van der Waals surface area contributed by atoms with E-state index in [0.29, 0.717) is 19.8 Å². The Labute approximate surface area is 154 Å². The van der Waals surface area contributed by atoms with E-state index in [9.17, 15) is 4.79 Å². The van der Waals surface area contributed by atoms with Gasteiger partial charge in [-0.3, -0.25) is 9.69 Å². The molecular weight excluding hydrogens is 328 g/mol. The molecule has 5 heteroatoms. The SMILES string of the molecule is CCc1ccc(NC(=O)[C@@H](C)N(C)Cc2ccc3c(c2)OCCO3)cc1. The normalized spacial score (nSPS) is 14.2. The van der Waals surface area contributed by atoms with Crippen molar-refractivity contribution in [2.75, 3.05) is 25.6 Å². The van der Waals surface area contributed by atoms with Crippen molar-refractivity contribution in [2.24, 2.45) is 0 Å². The lowest BCUT2D eigenvalue weighted by Crippen LogP contribution is -2.39. The minimum absolute atomic E-state index is 0.0192. The monoisotopic (exact) mass is 354 g/mol. The summed E-state index contributed by atoms with van der Waals surface area (Å²) in [7, 11) is 1.95. The first-order chi connectivity index (χ1) is 12.6. The predicted molar refractivity (Wildman–Crippen MR) is 103 cm³/mol. The summed E-state index contributed by atoms with van der Waals surface area (Å²) in [5.41, 5.74) is 3.17. The largest absolute Gasteiger partial charge is 0.486 e. The lowest BCUT2D eigenvalue weighted by Gasteiger charge is -2.25. The molecule has 0 bridgehead atoms. The Morgan fingerprint density at radius 3 is 2.42 bits per heavy atom. The molecule has 1 heterocycles. The van der Waals surface area contributed by atoms with Gasteiger partial charge in [-0.1, -0.05) is 25.1 Å². The molecule has 0 saturated heterocycles. The maximum Gasteiger partial charge on any atom is 0.241 e. The van der Waals surface area contributed by atoms with Gasteiger partial charge >= 0.3 is 0 Å². The lowest BCUT2D eigenvalue weighted by molar-refractivity contribution is -0.120. The zero-order chi connectivity index (χ0) is 18.5. The van der Waals surface area contributed by atoms with E-state index in [1.807, 2.05) is 61.3 Å². The van der Waals surface area contributed by atoms with Crippen molar-refractivity contribution in [3.63, 3.8) is 0 Å². The lowest BCUT2D eigenvalue weighted by atomic mass is 10.1.